The summed E-state index contributed by atoms with van der Waals surface area (Å²) in [6.45, 7) is 0. The van der Waals surface area contributed by atoms with Crippen molar-refractivity contribution in [3.8, 4) is 0 Å². The van der Waals surface area contributed by atoms with Crippen molar-refractivity contribution in [2.24, 2.45) is 0 Å². The molecule has 2 aromatic rings. The molecule has 0 bridgehead atoms. The van der Waals surface area contributed by atoms with Gasteiger partial charge in [0.25, 0.3) is 0 Å². The Morgan fingerprint density at radius 3 is 2.73 bits per heavy atom. The van der Waals surface area contributed by atoms with E-state index in [1.54, 1.807) is 12.1 Å². The molecule has 0 aliphatic heterocycles. The van der Waals surface area contributed by atoms with Crippen LogP contribution < -0.4 is 0 Å². The van der Waals surface area contributed by atoms with Crippen LogP contribution in [0.2, 0.25) is 0 Å². The third-order valence-corrected chi connectivity index (χ3v) is 1.65. The number of hydrogen-bond donors (Lipinski definition) is 0. The second kappa shape index (κ2) is 2.35. The van der Waals surface area contributed by atoms with Gasteiger partial charge in [0.1, 0.15) is 5.82 Å². The van der Waals surface area contributed by atoms with Crippen LogP contribution in [0.25, 0.3) is 10.8 Å². The van der Waals surface area contributed by atoms with Crippen molar-refractivity contribution in [1.29, 1.82) is 0 Å². The van der Waals surface area contributed by atoms with Crippen molar-refractivity contribution in [3.63, 3.8) is 0 Å². The second-order valence-electron chi connectivity index (χ2n) is 2.37. The summed E-state index contributed by atoms with van der Waals surface area (Å²) in [6, 6.07) is 13.3. The van der Waals surface area contributed by atoms with E-state index in [9.17, 15) is 4.39 Å². The molecule has 0 aliphatic carbocycles. The summed E-state index contributed by atoms with van der Waals surface area (Å²) in [5.74, 6) is -0.181. The molecule has 0 N–H and O–H groups in total. The minimum atomic E-state index is -0.181. The van der Waals surface area contributed by atoms with E-state index < -0.39 is 0 Å². The molecule has 2 rings (SSSR count). The zero-order valence-electron chi connectivity index (χ0n) is 5.84. The standard InChI is InChI=1S/C10H6F/c11-10-7-3-5-8-4-1-2-6-9(8)10/h1-4,6-7H. The third-order valence-electron chi connectivity index (χ3n) is 1.65. The molecule has 2 aromatic carbocycles. The van der Waals surface area contributed by atoms with Crippen molar-refractivity contribution in [2.75, 3.05) is 0 Å². The van der Waals surface area contributed by atoms with E-state index in [1.807, 2.05) is 18.2 Å². The monoisotopic (exact) mass is 145 g/mol. The summed E-state index contributed by atoms with van der Waals surface area (Å²) in [5, 5.41) is 1.46. The van der Waals surface area contributed by atoms with E-state index in [1.165, 1.54) is 6.07 Å². The lowest BCUT2D eigenvalue weighted by Gasteiger charge is -1.95. The number of halogens is 1. The van der Waals surface area contributed by atoms with Crippen molar-refractivity contribution in [1.82, 2.24) is 0 Å². The highest BCUT2D eigenvalue weighted by Gasteiger charge is 1.96. The summed E-state index contributed by atoms with van der Waals surface area (Å²) in [6.07, 6.45) is 0. The topological polar surface area (TPSA) is 0 Å². The fourth-order valence-electron chi connectivity index (χ4n) is 1.11. The van der Waals surface area contributed by atoms with Gasteiger partial charge in [0, 0.05) is 5.39 Å². The van der Waals surface area contributed by atoms with Gasteiger partial charge >= 0.3 is 0 Å². The van der Waals surface area contributed by atoms with Crippen molar-refractivity contribution in [3.05, 3.63) is 48.3 Å². The zero-order valence-corrected chi connectivity index (χ0v) is 5.84. The van der Waals surface area contributed by atoms with Crippen molar-refractivity contribution in [2.45, 2.75) is 0 Å². The van der Waals surface area contributed by atoms with E-state index in [0.29, 0.717) is 5.39 Å². The zero-order chi connectivity index (χ0) is 7.68. The first-order chi connectivity index (χ1) is 5.38. The van der Waals surface area contributed by atoms with E-state index in [-0.39, 0.29) is 5.82 Å². The van der Waals surface area contributed by atoms with Crippen LogP contribution in [-0.4, -0.2) is 0 Å². The lowest BCUT2D eigenvalue weighted by Crippen LogP contribution is -1.76. The molecular formula is C10H6F. The Hall–Kier alpha value is -1.37. The predicted molar refractivity (Wildman–Crippen MR) is 42.7 cm³/mol. The van der Waals surface area contributed by atoms with E-state index in [0.717, 1.165) is 5.39 Å². The van der Waals surface area contributed by atoms with Gasteiger partial charge in [0.2, 0.25) is 0 Å². The van der Waals surface area contributed by atoms with E-state index in [2.05, 4.69) is 6.07 Å². The Morgan fingerprint density at radius 2 is 1.91 bits per heavy atom. The minimum absolute atomic E-state index is 0.181. The second-order valence-corrected chi connectivity index (χ2v) is 2.37. The van der Waals surface area contributed by atoms with Gasteiger partial charge in [-0.1, -0.05) is 30.3 Å². The molecule has 0 heterocycles. The van der Waals surface area contributed by atoms with Gasteiger partial charge < -0.3 is 0 Å². The normalized spacial score (nSPS) is 10.3. The molecule has 0 nitrogen and oxygen atoms in total. The van der Waals surface area contributed by atoms with Crippen LogP contribution in [0.15, 0.2) is 36.4 Å². The first-order valence-electron chi connectivity index (χ1n) is 3.43. The lowest BCUT2D eigenvalue weighted by atomic mass is 10.1. The molecule has 0 spiro atoms. The number of fused-ring (bicyclic) bond motifs is 1. The van der Waals surface area contributed by atoms with E-state index in [4.69, 9.17) is 0 Å². The van der Waals surface area contributed by atoms with Crippen LogP contribution in [0.3, 0.4) is 0 Å². The van der Waals surface area contributed by atoms with Crippen LogP contribution in [0.4, 0.5) is 4.39 Å². The predicted octanol–water partition coefficient (Wildman–Crippen LogP) is 2.78. The SMILES string of the molecule is Fc1cc[c]c2ccccc12. The molecule has 0 unspecified atom stereocenters. The first-order valence-corrected chi connectivity index (χ1v) is 3.43. The fourth-order valence-corrected chi connectivity index (χ4v) is 1.11. The number of benzene rings is 2. The molecule has 0 saturated heterocycles. The Labute approximate surface area is 64.3 Å². The van der Waals surface area contributed by atoms with Crippen molar-refractivity contribution >= 4 is 10.8 Å². The molecule has 1 radical (unpaired) electrons. The Balaban J connectivity index is 2.91. The Morgan fingerprint density at radius 1 is 1.09 bits per heavy atom. The van der Waals surface area contributed by atoms with Crippen LogP contribution >= 0.6 is 0 Å². The molecule has 53 valence electrons. The molecule has 0 fully saturated rings. The molecule has 0 aromatic heterocycles. The van der Waals surface area contributed by atoms with Gasteiger partial charge in [-0.05, 0) is 17.5 Å². The molecule has 0 saturated carbocycles. The van der Waals surface area contributed by atoms with Gasteiger partial charge in [-0.15, -0.1) is 0 Å². The summed E-state index contributed by atoms with van der Waals surface area (Å²) in [5.41, 5.74) is 0. The van der Waals surface area contributed by atoms with Crippen molar-refractivity contribution < 1.29 is 4.39 Å². The molecule has 1 heteroatoms. The van der Waals surface area contributed by atoms with E-state index >= 15 is 0 Å². The molecule has 11 heavy (non-hydrogen) atoms. The maximum absolute atomic E-state index is 13.0. The van der Waals surface area contributed by atoms with Gasteiger partial charge in [-0.2, -0.15) is 0 Å². The highest BCUT2D eigenvalue weighted by Crippen LogP contribution is 2.15. The number of hydrogen-bond acceptors (Lipinski definition) is 0. The Kier molecular flexibility index (Phi) is 1.35. The average Bonchev–Trinajstić information content (AvgIpc) is 2.06. The van der Waals surface area contributed by atoms with Gasteiger partial charge in [-0.25, -0.2) is 4.39 Å². The van der Waals surface area contributed by atoms with Gasteiger partial charge in [0.15, 0.2) is 0 Å². The fraction of sp³-hybridized carbons (Fsp3) is 0. The van der Waals surface area contributed by atoms with Crippen LogP contribution in [-0.2, 0) is 0 Å². The lowest BCUT2D eigenvalue weighted by molar-refractivity contribution is 0.640. The minimum Gasteiger partial charge on any atom is -0.206 e. The van der Waals surface area contributed by atoms with Crippen LogP contribution in [0, 0.1) is 11.9 Å². The number of rotatable bonds is 0. The molecule has 0 amide bonds. The van der Waals surface area contributed by atoms with Crippen LogP contribution in [0.5, 0.6) is 0 Å². The molecule has 0 atom stereocenters. The van der Waals surface area contributed by atoms with Gasteiger partial charge in [-0.3, -0.25) is 0 Å². The molecule has 0 aliphatic rings. The summed E-state index contributed by atoms with van der Waals surface area (Å²) >= 11 is 0. The maximum Gasteiger partial charge on any atom is 0.131 e. The van der Waals surface area contributed by atoms with Crippen LogP contribution in [0.1, 0.15) is 0 Å². The summed E-state index contributed by atoms with van der Waals surface area (Å²) < 4.78 is 13.0. The highest BCUT2D eigenvalue weighted by atomic mass is 19.1. The molecular weight excluding hydrogens is 139 g/mol. The quantitative estimate of drug-likeness (QED) is 0.534. The Bertz CT molecular complexity index is 374. The highest BCUT2D eigenvalue weighted by molar-refractivity contribution is 5.82. The van der Waals surface area contributed by atoms with Gasteiger partial charge in [0.05, 0.1) is 0 Å². The third kappa shape index (κ3) is 0.984. The summed E-state index contributed by atoms with van der Waals surface area (Å²) in [7, 11) is 0. The first kappa shape index (κ1) is 6.35. The summed E-state index contributed by atoms with van der Waals surface area (Å²) in [4.78, 5) is 0. The largest absolute Gasteiger partial charge is 0.206 e. The maximum atomic E-state index is 13.0. The smallest absolute Gasteiger partial charge is 0.131 e. The average molecular weight is 145 g/mol.